The SMILES string of the molecule is O=C(OCC1=CCO[C@H]1N1C(=O)CCC1O)c1ccc[nH]1. The van der Waals surface area contributed by atoms with Crippen molar-refractivity contribution in [2.24, 2.45) is 0 Å². The molecule has 0 aliphatic carbocycles. The van der Waals surface area contributed by atoms with Crippen LogP contribution >= 0.6 is 0 Å². The second kappa shape index (κ2) is 5.71. The molecule has 0 saturated carbocycles. The van der Waals surface area contributed by atoms with Gasteiger partial charge in [-0.25, -0.2) is 4.79 Å². The van der Waals surface area contributed by atoms with E-state index in [9.17, 15) is 14.7 Å². The molecule has 3 rings (SSSR count). The van der Waals surface area contributed by atoms with E-state index >= 15 is 0 Å². The quantitative estimate of drug-likeness (QED) is 0.619. The number of aliphatic hydroxyl groups is 1. The van der Waals surface area contributed by atoms with E-state index in [2.05, 4.69) is 4.98 Å². The molecule has 1 aromatic rings. The van der Waals surface area contributed by atoms with Gasteiger partial charge in [0, 0.05) is 24.6 Å². The van der Waals surface area contributed by atoms with Crippen LogP contribution in [0.3, 0.4) is 0 Å². The van der Waals surface area contributed by atoms with Crippen LogP contribution in [0, 0.1) is 0 Å². The largest absolute Gasteiger partial charge is 0.456 e. The molecule has 21 heavy (non-hydrogen) atoms. The first-order valence-electron chi connectivity index (χ1n) is 6.77. The van der Waals surface area contributed by atoms with Gasteiger partial charge in [0.05, 0.1) is 6.61 Å². The third-order valence-corrected chi connectivity index (χ3v) is 3.58. The lowest BCUT2D eigenvalue weighted by Crippen LogP contribution is -2.43. The van der Waals surface area contributed by atoms with Crippen LogP contribution in [-0.4, -0.2) is 52.5 Å². The summed E-state index contributed by atoms with van der Waals surface area (Å²) in [6.45, 7) is 0.357. The molecule has 1 saturated heterocycles. The summed E-state index contributed by atoms with van der Waals surface area (Å²) >= 11 is 0. The minimum Gasteiger partial charge on any atom is -0.456 e. The number of aromatic nitrogens is 1. The van der Waals surface area contributed by atoms with E-state index in [4.69, 9.17) is 9.47 Å². The lowest BCUT2D eigenvalue weighted by Gasteiger charge is -2.28. The molecule has 0 radical (unpaired) electrons. The first kappa shape index (κ1) is 13.8. The predicted octanol–water partition coefficient (Wildman–Crippen LogP) is 0.395. The summed E-state index contributed by atoms with van der Waals surface area (Å²) in [5.74, 6) is -0.629. The Balaban J connectivity index is 1.62. The van der Waals surface area contributed by atoms with Gasteiger partial charge in [-0.15, -0.1) is 0 Å². The van der Waals surface area contributed by atoms with Gasteiger partial charge in [0.2, 0.25) is 5.91 Å². The minimum atomic E-state index is -0.844. The molecule has 112 valence electrons. The molecule has 1 fully saturated rings. The number of nitrogens with zero attached hydrogens (tertiary/aromatic N) is 1. The van der Waals surface area contributed by atoms with Crippen molar-refractivity contribution in [1.82, 2.24) is 9.88 Å². The van der Waals surface area contributed by atoms with Gasteiger partial charge >= 0.3 is 5.97 Å². The molecule has 0 aromatic carbocycles. The number of aliphatic hydroxyl groups excluding tert-OH is 1. The molecule has 2 atom stereocenters. The van der Waals surface area contributed by atoms with Crippen molar-refractivity contribution in [3.63, 3.8) is 0 Å². The predicted molar refractivity (Wildman–Crippen MR) is 71.0 cm³/mol. The van der Waals surface area contributed by atoms with Crippen molar-refractivity contribution in [3.05, 3.63) is 35.7 Å². The van der Waals surface area contributed by atoms with Crippen molar-refractivity contribution < 1.29 is 24.2 Å². The number of esters is 1. The van der Waals surface area contributed by atoms with Crippen LogP contribution in [0.25, 0.3) is 0 Å². The number of carbonyl (C=O) groups is 2. The van der Waals surface area contributed by atoms with E-state index in [1.54, 1.807) is 24.4 Å². The maximum atomic E-state index is 11.8. The topological polar surface area (TPSA) is 91.9 Å². The molecule has 1 amide bonds. The number of H-pyrrole nitrogens is 1. The Labute approximate surface area is 121 Å². The smallest absolute Gasteiger partial charge is 0.355 e. The normalized spacial score (nSPS) is 25.3. The number of ether oxygens (including phenoxy) is 2. The Hall–Kier alpha value is -2.12. The number of carbonyl (C=O) groups excluding carboxylic acids is 2. The molecule has 2 aliphatic rings. The maximum Gasteiger partial charge on any atom is 0.355 e. The Morgan fingerprint density at radius 2 is 2.43 bits per heavy atom. The molecule has 7 heteroatoms. The van der Waals surface area contributed by atoms with Crippen LogP contribution in [0.2, 0.25) is 0 Å². The van der Waals surface area contributed by atoms with Gasteiger partial charge in [0.15, 0.2) is 6.23 Å². The van der Waals surface area contributed by atoms with Crippen LogP contribution in [0.1, 0.15) is 23.3 Å². The maximum absolute atomic E-state index is 11.8. The van der Waals surface area contributed by atoms with Crippen LogP contribution in [0.5, 0.6) is 0 Å². The van der Waals surface area contributed by atoms with Crippen molar-refractivity contribution in [2.45, 2.75) is 25.3 Å². The summed E-state index contributed by atoms with van der Waals surface area (Å²) in [4.78, 5) is 27.6. The van der Waals surface area contributed by atoms with Gasteiger partial charge in [0.25, 0.3) is 0 Å². The second-order valence-corrected chi connectivity index (χ2v) is 4.94. The van der Waals surface area contributed by atoms with Gasteiger partial charge in [-0.2, -0.15) is 0 Å². The van der Waals surface area contributed by atoms with Gasteiger partial charge in [-0.3, -0.25) is 9.69 Å². The zero-order valence-electron chi connectivity index (χ0n) is 11.3. The van der Waals surface area contributed by atoms with Crippen LogP contribution in [0.15, 0.2) is 30.0 Å². The van der Waals surface area contributed by atoms with Crippen molar-refractivity contribution in [3.8, 4) is 0 Å². The molecule has 7 nitrogen and oxygen atoms in total. The number of likely N-dealkylation sites (tertiary alicyclic amines) is 1. The number of hydrogen-bond donors (Lipinski definition) is 2. The van der Waals surface area contributed by atoms with E-state index < -0.39 is 18.4 Å². The molecule has 2 N–H and O–H groups in total. The number of hydrogen-bond acceptors (Lipinski definition) is 5. The number of nitrogens with one attached hydrogen (secondary N) is 1. The number of aromatic amines is 1. The van der Waals surface area contributed by atoms with Gasteiger partial charge in [-0.1, -0.05) is 6.08 Å². The van der Waals surface area contributed by atoms with E-state index in [1.807, 2.05) is 0 Å². The van der Waals surface area contributed by atoms with Crippen molar-refractivity contribution >= 4 is 11.9 Å². The number of amides is 1. The lowest BCUT2D eigenvalue weighted by atomic mass is 10.2. The molecular formula is C14H16N2O5. The van der Waals surface area contributed by atoms with E-state index in [0.29, 0.717) is 30.7 Å². The van der Waals surface area contributed by atoms with E-state index in [0.717, 1.165) is 0 Å². The highest BCUT2D eigenvalue weighted by Gasteiger charge is 2.39. The third-order valence-electron chi connectivity index (χ3n) is 3.58. The standard InChI is InChI=1S/C14H16N2O5/c17-11-3-4-12(18)16(11)13-9(5-7-20-13)8-21-14(19)10-2-1-6-15-10/h1-2,5-6,11,13,15,17H,3-4,7-8H2/t11?,13-/m1/s1. The number of rotatable bonds is 4. The monoisotopic (exact) mass is 292 g/mol. The molecule has 1 unspecified atom stereocenters. The van der Waals surface area contributed by atoms with E-state index in [-0.39, 0.29) is 12.5 Å². The first-order valence-corrected chi connectivity index (χ1v) is 6.77. The second-order valence-electron chi connectivity index (χ2n) is 4.94. The van der Waals surface area contributed by atoms with Crippen molar-refractivity contribution in [2.75, 3.05) is 13.2 Å². The van der Waals surface area contributed by atoms with Crippen LogP contribution < -0.4 is 0 Å². The van der Waals surface area contributed by atoms with E-state index in [1.165, 1.54) is 4.90 Å². The molecule has 0 bridgehead atoms. The summed E-state index contributed by atoms with van der Waals surface area (Å²) in [5.41, 5.74) is 1.03. The summed E-state index contributed by atoms with van der Waals surface area (Å²) in [6, 6.07) is 3.32. The minimum absolute atomic E-state index is 0.0268. The fraction of sp³-hybridized carbons (Fsp3) is 0.429. The van der Waals surface area contributed by atoms with Crippen LogP contribution in [0.4, 0.5) is 0 Å². The zero-order valence-corrected chi connectivity index (χ0v) is 11.3. The van der Waals surface area contributed by atoms with Gasteiger partial charge in [0.1, 0.15) is 18.5 Å². The first-order chi connectivity index (χ1) is 10.2. The molecular weight excluding hydrogens is 276 g/mol. The summed E-state index contributed by atoms with van der Waals surface area (Å²) in [5, 5.41) is 9.85. The molecule has 2 aliphatic heterocycles. The highest BCUT2D eigenvalue weighted by molar-refractivity contribution is 5.87. The highest BCUT2D eigenvalue weighted by atomic mass is 16.5. The zero-order chi connectivity index (χ0) is 14.8. The Morgan fingerprint density at radius 1 is 1.57 bits per heavy atom. The average Bonchev–Trinajstić information content (AvgIpc) is 3.18. The summed E-state index contributed by atoms with van der Waals surface area (Å²) in [7, 11) is 0. The molecule has 3 heterocycles. The highest BCUT2D eigenvalue weighted by Crippen LogP contribution is 2.27. The van der Waals surface area contributed by atoms with Gasteiger partial charge < -0.3 is 19.6 Å². The summed E-state index contributed by atoms with van der Waals surface area (Å²) < 4.78 is 10.7. The third kappa shape index (κ3) is 2.70. The fourth-order valence-corrected chi connectivity index (χ4v) is 2.50. The Kier molecular flexibility index (Phi) is 3.76. The molecule has 1 aromatic heterocycles. The Morgan fingerprint density at radius 3 is 3.10 bits per heavy atom. The lowest BCUT2D eigenvalue weighted by molar-refractivity contribution is -0.148. The van der Waals surface area contributed by atoms with Crippen molar-refractivity contribution in [1.29, 1.82) is 0 Å². The average molecular weight is 292 g/mol. The van der Waals surface area contributed by atoms with Gasteiger partial charge in [-0.05, 0) is 12.1 Å². The Bertz CT molecular complexity index is 566. The fourth-order valence-electron chi connectivity index (χ4n) is 2.50. The summed E-state index contributed by atoms with van der Waals surface area (Å²) in [6.07, 6.45) is 2.61. The molecule has 0 spiro atoms. The van der Waals surface area contributed by atoms with Crippen LogP contribution in [-0.2, 0) is 14.3 Å².